The number of nitrogens with zero attached hydrogens (tertiary/aromatic N) is 1. The molecular weight excluding hydrogens is 310 g/mol. The van der Waals surface area contributed by atoms with Gasteiger partial charge in [0.05, 0.1) is 24.8 Å². The molecular formula is C18H21NO5. The second kappa shape index (κ2) is 6.63. The highest BCUT2D eigenvalue weighted by Gasteiger charge is 2.65. The molecule has 1 saturated carbocycles. The van der Waals surface area contributed by atoms with Gasteiger partial charge in [0.15, 0.2) is 5.41 Å². The van der Waals surface area contributed by atoms with Crippen molar-refractivity contribution < 1.29 is 23.9 Å². The number of oxime groups is 1. The number of fused-ring (bicyclic) bond motifs is 1. The Hall–Kier alpha value is -2.37. The van der Waals surface area contributed by atoms with Gasteiger partial charge in [-0.2, -0.15) is 0 Å². The van der Waals surface area contributed by atoms with E-state index in [2.05, 4.69) is 5.16 Å². The molecule has 0 bridgehead atoms. The van der Waals surface area contributed by atoms with Crippen LogP contribution in [0.3, 0.4) is 0 Å². The van der Waals surface area contributed by atoms with Crippen LogP contribution >= 0.6 is 0 Å². The number of carbonyl (C=O) groups excluding carboxylic acids is 2. The maximum Gasteiger partial charge on any atom is 0.324 e. The first-order chi connectivity index (χ1) is 11.6. The molecule has 3 rings (SSSR count). The van der Waals surface area contributed by atoms with E-state index in [1.54, 1.807) is 13.8 Å². The third kappa shape index (κ3) is 2.46. The molecule has 0 N–H and O–H groups in total. The van der Waals surface area contributed by atoms with Gasteiger partial charge in [-0.15, -0.1) is 0 Å². The van der Waals surface area contributed by atoms with E-state index < -0.39 is 23.3 Å². The van der Waals surface area contributed by atoms with Gasteiger partial charge in [-0.05, 0) is 25.8 Å². The van der Waals surface area contributed by atoms with Crippen LogP contribution < -0.4 is 0 Å². The molecule has 1 fully saturated rings. The molecule has 128 valence electrons. The molecule has 24 heavy (non-hydrogen) atoms. The van der Waals surface area contributed by atoms with Gasteiger partial charge in [0.2, 0.25) is 0 Å². The summed E-state index contributed by atoms with van der Waals surface area (Å²) in [6.07, 6.45) is 0.295. The van der Waals surface area contributed by atoms with Crippen LogP contribution in [0.5, 0.6) is 0 Å². The number of benzene rings is 1. The van der Waals surface area contributed by atoms with Crippen LogP contribution in [-0.2, 0) is 23.9 Å². The molecule has 0 spiro atoms. The predicted molar refractivity (Wildman–Crippen MR) is 86.4 cm³/mol. The zero-order valence-corrected chi connectivity index (χ0v) is 13.9. The smallest absolute Gasteiger partial charge is 0.324 e. The maximum absolute atomic E-state index is 12.9. The highest BCUT2D eigenvalue weighted by Crippen LogP contribution is 2.53. The van der Waals surface area contributed by atoms with Gasteiger partial charge in [0, 0.05) is 5.92 Å². The molecule has 1 aromatic carbocycles. The second-order valence-corrected chi connectivity index (χ2v) is 5.97. The van der Waals surface area contributed by atoms with E-state index >= 15 is 0 Å². The van der Waals surface area contributed by atoms with Crippen LogP contribution in [-0.4, -0.2) is 37.5 Å². The van der Waals surface area contributed by atoms with E-state index in [0.29, 0.717) is 13.0 Å². The summed E-state index contributed by atoms with van der Waals surface area (Å²) < 4.78 is 10.6. The van der Waals surface area contributed by atoms with Crippen LogP contribution in [0.15, 0.2) is 35.5 Å². The van der Waals surface area contributed by atoms with E-state index in [1.807, 2.05) is 30.3 Å². The minimum atomic E-state index is -1.40. The van der Waals surface area contributed by atoms with E-state index in [-0.39, 0.29) is 19.1 Å². The van der Waals surface area contributed by atoms with Crippen molar-refractivity contribution in [2.75, 3.05) is 19.8 Å². The van der Waals surface area contributed by atoms with Gasteiger partial charge in [-0.25, -0.2) is 0 Å². The van der Waals surface area contributed by atoms with Crippen LogP contribution in [0.25, 0.3) is 0 Å². The fourth-order valence-corrected chi connectivity index (χ4v) is 3.68. The molecule has 0 aromatic heterocycles. The maximum atomic E-state index is 12.9. The average Bonchev–Trinajstić information content (AvgIpc) is 3.15. The topological polar surface area (TPSA) is 74.2 Å². The Balaban J connectivity index is 2.13. The molecule has 1 heterocycles. The summed E-state index contributed by atoms with van der Waals surface area (Å²) in [4.78, 5) is 31.0. The number of hydrogen-bond donors (Lipinski definition) is 0. The second-order valence-electron chi connectivity index (χ2n) is 5.97. The standard InChI is InChI=1S/C18H21NO5/c1-3-22-16(20)18(17(21)23-4-2)10-13-11-24-19-15(13)14(18)12-8-6-5-7-9-12/h5-9,13-14H,3-4,10-11H2,1-2H3/t13-,14+/m0/s1. The largest absolute Gasteiger partial charge is 0.465 e. The van der Waals surface area contributed by atoms with E-state index in [9.17, 15) is 9.59 Å². The summed E-state index contributed by atoms with van der Waals surface area (Å²) in [5.74, 6) is -1.70. The molecule has 6 heteroatoms. The van der Waals surface area contributed by atoms with Crippen molar-refractivity contribution in [3.63, 3.8) is 0 Å². The third-order valence-electron chi connectivity index (χ3n) is 4.63. The molecule has 6 nitrogen and oxygen atoms in total. The fraction of sp³-hybridized carbons (Fsp3) is 0.500. The van der Waals surface area contributed by atoms with Gasteiger partial charge in [-0.1, -0.05) is 35.5 Å². The normalized spacial score (nSPS) is 23.8. The number of carbonyl (C=O) groups is 2. The molecule has 2 aliphatic rings. The van der Waals surface area contributed by atoms with Crippen molar-refractivity contribution >= 4 is 17.7 Å². The van der Waals surface area contributed by atoms with Gasteiger partial charge in [0.1, 0.15) is 6.61 Å². The molecule has 0 radical (unpaired) electrons. The summed E-state index contributed by atoms with van der Waals surface area (Å²) in [5, 5.41) is 4.14. The monoisotopic (exact) mass is 331 g/mol. The average molecular weight is 331 g/mol. The Morgan fingerprint density at radius 1 is 1.17 bits per heavy atom. The summed E-state index contributed by atoms with van der Waals surface area (Å²) >= 11 is 0. The van der Waals surface area contributed by atoms with E-state index in [1.165, 1.54) is 0 Å². The summed E-state index contributed by atoms with van der Waals surface area (Å²) in [7, 11) is 0. The summed E-state index contributed by atoms with van der Waals surface area (Å²) in [5.41, 5.74) is 0.161. The molecule has 1 aliphatic heterocycles. The number of ether oxygens (including phenoxy) is 2. The van der Waals surface area contributed by atoms with Gasteiger partial charge in [-0.3, -0.25) is 9.59 Å². The van der Waals surface area contributed by atoms with E-state index in [0.717, 1.165) is 11.3 Å². The highest BCUT2D eigenvalue weighted by atomic mass is 16.6. The highest BCUT2D eigenvalue weighted by molar-refractivity contribution is 6.12. The zero-order valence-electron chi connectivity index (χ0n) is 13.9. The van der Waals surface area contributed by atoms with Gasteiger partial charge < -0.3 is 14.3 Å². The Kier molecular flexibility index (Phi) is 4.55. The molecule has 0 amide bonds. The van der Waals surface area contributed by atoms with Crippen molar-refractivity contribution in [1.29, 1.82) is 0 Å². The third-order valence-corrected chi connectivity index (χ3v) is 4.63. The minimum Gasteiger partial charge on any atom is -0.465 e. The predicted octanol–water partition coefficient (Wildman–Crippen LogP) is 2.29. The summed E-state index contributed by atoms with van der Waals surface area (Å²) in [6.45, 7) is 4.24. The Morgan fingerprint density at radius 2 is 1.79 bits per heavy atom. The van der Waals surface area contributed by atoms with Crippen LogP contribution in [0.1, 0.15) is 31.7 Å². The van der Waals surface area contributed by atoms with Crippen molar-refractivity contribution in [3.8, 4) is 0 Å². The van der Waals surface area contributed by atoms with Crippen LogP contribution in [0.2, 0.25) is 0 Å². The van der Waals surface area contributed by atoms with Crippen molar-refractivity contribution in [2.45, 2.75) is 26.2 Å². The number of esters is 2. The number of hydrogen-bond acceptors (Lipinski definition) is 6. The van der Waals surface area contributed by atoms with Crippen LogP contribution in [0, 0.1) is 11.3 Å². The SMILES string of the molecule is CCOC(=O)C1(C(=O)OCC)C[C@H]2CON=C2[C@H]1c1ccccc1. The van der Waals surface area contributed by atoms with Gasteiger partial charge in [0.25, 0.3) is 0 Å². The Morgan fingerprint density at radius 3 is 2.38 bits per heavy atom. The molecule has 0 saturated heterocycles. The summed E-state index contributed by atoms with van der Waals surface area (Å²) in [6, 6.07) is 9.42. The molecule has 1 aliphatic carbocycles. The lowest BCUT2D eigenvalue weighted by Gasteiger charge is -2.31. The van der Waals surface area contributed by atoms with Gasteiger partial charge >= 0.3 is 11.9 Å². The lowest BCUT2D eigenvalue weighted by molar-refractivity contribution is -0.173. The first-order valence-electron chi connectivity index (χ1n) is 8.24. The first kappa shape index (κ1) is 16.5. The van der Waals surface area contributed by atoms with Crippen molar-refractivity contribution in [3.05, 3.63) is 35.9 Å². The number of rotatable bonds is 5. The lowest BCUT2D eigenvalue weighted by atomic mass is 9.73. The molecule has 2 atom stereocenters. The van der Waals surface area contributed by atoms with Crippen molar-refractivity contribution in [1.82, 2.24) is 0 Å². The Labute approximate surface area is 140 Å². The zero-order chi connectivity index (χ0) is 17.2. The van der Waals surface area contributed by atoms with E-state index in [4.69, 9.17) is 14.3 Å². The quantitative estimate of drug-likeness (QED) is 0.611. The Bertz CT molecular complexity index is 637. The first-order valence-corrected chi connectivity index (χ1v) is 8.24. The van der Waals surface area contributed by atoms with Crippen molar-refractivity contribution in [2.24, 2.45) is 16.5 Å². The molecule has 0 unspecified atom stereocenters. The fourth-order valence-electron chi connectivity index (χ4n) is 3.68. The molecule has 1 aromatic rings. The van der Waals surface area contributed by atoms with Crippen LogP contribution in [0.4, 0.5) is 0 Å². The lowest BCUT2D eigenvalue weighted by Crippen LogP contribution is -2.45. The minimum absolute atomic E-state index is 0.0796.